The maximum atomic E-state index is 12.5. The maximum Gasteiger partial charge on any atom is 0.328 e. The third kappa shape index (κ3) is 4.06. The molecule has 0 fully saturated rings. The highest BCUT2D eigenvalue weighted by Crippen LogP contribution is 2.34. The summed E-state index contributed by atoms with van der Waals surface area (Å²) in [5.74, 6) is -1.86. The van der Waals surface area contributed by atoms with Crippen molar-refractivity contribution in [3.63, 3.8) is 0 Å². The quantitative estimate of drug-likeness (QED) is 0.497. The van der Waals surface area contributed by atoms with Crippen molar-refractivity contribution >= 4 is 23.3 Å². The average molecular weight is 365 g/mol. The fourth-order valence-electron chi connectivity index (χ4n) is 2.84. The number of nitro groups is 1. The van der Waals surface area contributed by atoms with E-state index in [-0.39, 0.29) is 5.69 Å². The fourth-order valence-corrected chi connectivity index (χ4v) is 2.84. The van der Waals surface area contributed by atoms with Crippen molar-refractivity contribution in [2.75, 3.05) is 0 Å². The second-order valence-corrected chi connectivity index (χ2v) is 5.84. The van der Waals surface area contributed by atoms with Crippen LogP contribution >= 0.6 is 0 Å². The molecule has 27 heavy (non-hydrogen) atoms. The molecule has 1 atom stereocenters. The lowest BCUT2D eigenvalue weighted by Crippen LogP contribution is -2.25. The predicted octanol–water partition coefficient (Wildman–Crippen LogP) is 2.91. The van der Waals surface area contributed by atoms with E-state index in [1.807, 2.05) is 30.3 Å². The smallest absolute Gasteiger partial charge is 0.328 e. The number of nitrogens with zero attached hydrogens (tertiary/aromatic N) is 3. The van der Waals surface area contributed by atoms with Crippen molar-refractivity contribution < 1.29 is 19.6 Å². The summed E-state index contributed by atoms with van der Waals surface area (Å²) in [6.07, 6.45) is 2.02. The van der Waals surface area contributed by atoms with Crippen LogP contribution in [0.3, 0.4) is 0 Å². The van der Waals surface area contributed by atoms with E-state index >= 15 is 0 Å². The van der Waals surface area contributed by atoms with Gasteiger partial charge in [-0.1, -0.05) is 42.5 Å². The van der Waals surface area contributed by atoms with Gasteiger partial charge in [0.05, 0.1) is 16.7 Å². The molecule has 0 bridgehead atoms. The molecule has 0 aliphatic carbocycles. The van der Waals surface area contributed by atoms with Gasteiger partial charge in [0.15, 0.2) is 0 Å². The number of nitro benzene ring substituents is 1. The van der Waals surface area contributed by atoms with Crippen LogP contribution < -0.4 is 0 Å². The van der Waals surface area contributed by atoms with E-state index in [0.29, 0.717) is 17.7 Å². The number of carbonyl (C=O) groups excluding carboxylic acids is 1. The number of hydrogen-bond acceptors (Lipinski definition) is 5. The topological polar surface area (TPSA) is 113 Å². The Bertz CT molecular complexity index is 953. The van der Waals surface area contributed by atoms with Gasteiger partial charge in [-0.2, -0.15) is 5.10 Å². The first-order valence-electron chi connectivity index (χ1n) is 8.07. The summed E-state index contributed by atoms with van der Waals surface area (Å²) in [5.41, 5.74) is 1.93. The van der Waals surface area contributed by atoms with Crippen LogP contribution in [0.2, 0.25) is 0 Å². The van der Waals surface area contributed by atoms with E-state index in [1.165, 1.54) is 17.1 Å². The summed E-state index contributed by atoms with van der Waals surface area (Å²) in [6.45, 7) is 0. The van der Waals surface area contributed by atoms with Crippen LogP contribution in [0.5, 0.6) is 0 Å². The lowest BCUT2D eigenvalue weighted by atomic mass is 9.98. The third-order valence-corrected chi connectivity index (χ3v) is 4.08. The van der Waals surface area contributed by atoms with Crippen LogP contribution in [0.4, 0.5) is 5.69 Å². The van der Waals surface area contributed by atoms with Crippen LogP contribution in [0.25, 0.3) is 0 Å². The molecule has 1 unspecified atom stereocenters. The standard InChI is InChI=1S/C19H15N3O5/c23-18(9-10-19(24)25)21-17(14-7-4-8-15(11-14)22(26)27)12-16(20-21)13-5-2-1-3-6-13/h1-11,17H,12H2,(H,24,25)/b10-9+. The molecular formula is C19H15N3O5. The number of amides is 1. The number of hydrogen-bond donors (Lipinski definition) is 1. The van der Waals surface area contributed by atoms with Gasteiger partial charge >= 0.3 is 5.97 Å². The zero-order valence-corrected chi connectivity index (χ0v) is 14.1. The normalized spacial score (nSPS) is 16.4. The van der Waals surface area contributed by atoms with Crippen LogP contribution in [0.1, 0.15) is 23.6 Å². The number of carboxylic acids is 1. The fraction of sp³-hybridized carbons (Fsp3) is 0.105. The second-order valence-electron chi connectivity index (χ2n) is 5.84. The monoisotopic (exact) mass is 365 g/mol. The molecule has 1 N–H and O–H groups in total. The van der Waals surface area contributed by atoms with Gasteiger partial charge in [0.25, 0.3) is 11.6 Å². The van der Waals surface area contributed by atoms with Crippen LogP contribution in [-0.4, -0.2) is 32.6 Å². The molecular weight excluding hydrogens is 350 g/mol. The number of rotatable bonds is 5. The highest BCUT2D eigenvalue weighted by molar-refractivity contribution is 6.04. The Labute approximate surface area is 154 Å². The minimum absolute atomic E-state index is 0.0888. The van der Waals surface area contributed by atoms with Gasteiger partial charge in [-0.05, 0) is 11.1 Å². The molecule has 1 aliphatic heterocycles. The molecule has 2 aromatic rings. The largest absolute Gasteiger partial charge is 0.478 e. The molecule has 0 aromatic heterocycles. The predicted molar refractivity (Wildman–Crippen MR) is 97.1 cm³/mol. The van der Waals surface area contributed by atoms with E-state index in [0.717, 1.165) is 17.7 Å². The van der Waals surface area contributed by atoms with Crippen LogP contribution in [-0.2, 0) is 9.59 Å². The molecule has 0 radical (unpaired) electrons. The van der Waals surface area contributed by atoms with Gasteiger partial charge in [-0.3, -0.25) is 14.9 Å². The van der Waals surface area contributed by atoms with E-state index in [4.69, 9.17) is 5.11 Å². The number of carboxylic acid groups (broad SMARTS) is 1. The first-order chi connectivity index (χ1) is 13.0. The molecule has 1 aliphatic rings. The SMILES string of the molecule is O=C(O)/C=C/C(=O)N1N=C(c2ccccc2)CC1c1cccc([N+](=O)[O-])c1. The lowest BCUT2D eigenvalue weighted by Gasteiger charge is -2.20. The maximum absolute atomic E-state index is 12.5. The Morgan fingerprint density at radius 2 is 1.89 bits per heavy atom. The van der Waals surface area contributed by atoms with E-state index in [2.05, 4.69) is 5.10 Å². The summed E-state index contributed by atoms with van der Waals surface area (Å²) < 4.78 is 0. The van der Waals surface area contributed by atoms with Gasteiger partial charge in [0.1, 0.15) is 0 Å². The molecule has 1 amide bonds. The average Bonchev–Trinajstić information content (AvgIpc) is 3.12. The molecule has 0 saturated carbocycles. The number of non-ortho nitro benzene ring substituents is 1. The van der Waals surface area contributed by atoms with Gasteiger partial charge in [-0.25, -0.2) is 9.80 Å². The highest BCUT2D eigenvalue weighted by Gasteiger charge is 2.32. The molecule has 8 heteroatoms. The summed E-state index contributed by atoms with van der Waals surface area (Å²) in [7, 11) is 0. The summed E-state index contributed by atoms with van der Waals surface area (Å²) in [6, 6.07) is 14.7. The highest BCUT2D eigenvalue weighted by atomic mass is 16.6. The Morgan fingerprint density at radius 3 is 2.56 bits per heavy atom. The number of hydrazone groups is 1. The van der Waals surface area contributed by atoms with E-state index in [9.17, 15) is 19.7 Å². The Morgan fingerprint density at radius 1 is 1.15 bits per heavy atom. The molecule has 8 nitrogen and oxygen atoms in total. The molecule has 136 valence electrons. The van der Waals surface area contributed by atoms with Crippen molar-refractivity contribution in [1.29, 1.82) is 0 Å². The van der Waals surface area contributed by atoms with Crippen LogP contribution in [0, 0.1) is 10.1 Å². The first kappa shape index (κ1) is 18.0. The lowest BCUT2D eigenvalue weighted by molar-refractivity contribution is -0.384. The van der Waals surface area contributed by atoms with Gasteiger partial charge in [0, 0.05) is 30.7 Å². The van der Waals surface area contributed by atoms with E-state index in [1.54, 1.807) is 12.1 Å². The van der Waals surface area contributed by atoms with Crippen molar-refractivity contribution in [3.8, 4) is 0 Å². The van der Waals surface area contributed by atoms with Gasteiger partial charge in [-0.15, -0.1) is 0 Å². The van der Waals surface area contributed by atoms with Crippen molar-refractivity contribution in [3.05, 3.63) is 88.0 Å². The van der Waals surface area contributed by atoms with Crippen LogP contribution in [0.15, 0.2) is 71.9 Å². The third-order valence-electron chi connectivity index (χ3n) is 4.08. The Hall–Kier alpha value is -3.81. The van der Waals surface area contributed by atoms with Gasteiger partial charge in [0.2, 0.25) is 0 Å². The number of carbonyl (C=O) groups is 2. The molecule has 0 saturated heterocycles. The Balaban J connectivity index is 1.98. The summed E-state index contributed by atoms with van der Waals surface area (Å²) in [4.78, 5) is 33.7. The van der Waals surface area contributed by atoms with Crippen molar-refractivity contribution in [2.45, 2.75) is 12.5 Å². The Kier molecular flexibility index (Phi) is 5.07. The van der Waals surface area contributed by atoms with E-state index < -0.39 is 22.8 Å². The summed E-state index contributed by atoms with van der Waals surface area (Å²) >= 11 is 0. The molecule has 0 spiro atoms. The molecule has 1 heterocycles. The second kappa shape index (κ2) is 7.61. The minimum atomic E-state index is -1.25. The zero-order valence-electron chi connectivity index (χ0n) is 14.1. The number of benzene rings is 2. The molecule has 2 aromatic carbocycles. The van der Waals surface area contributed by atoms with Crippen molar-refractivity contribution in [1.82, 2.24) is 5.01 Å². The zero-order chi connectivity index (χ0) is 19.4. The minimum Gasteiger partial charge on any atom is -0.478 e. The number of aliphatic carboxylic acids is 1. The first-order valence-corrected chi connectivity index (χ1v) is 8.07. The van der Waals surface area contributed by atoms with Crippen molar-refractivity contribution in [2.24, 2.45) is 5.10 Å². The molecule has 3 rings (SSSR count). The summed E-state index contributed by atoms with van der Waals surface area (Å²) in [5, 5.41) is 25.3. The van der Waals surface area contributed by atoms with Gasteiger partial charge < -0.3 is 5.11 Å².